The molecule has 0 radical (unpaired) electrons. The maximum atomic E-state index is 11.8. The molecule has 0 bridgehead atoms. The Kier molecular flexibility index (Phi) is 4.69. The van der Waals surface area contributed by atoms with E-state index in [1.807, 2.05) is 12.1 Å². The van der Waals surface area contributed by atoms with Gasteiger partial charge in [-0.25, -0.2) is 0 Å². The zero-order valence-electron chi connectivity index (χ0n) is 12.6. The Morgan fingerprint density at radius 2 is 1.65 bits per heavy atom. The van der Waals surface area contributed by atoms with Crippen LogP contribution in [0.4, 0.5) is 5.69 Å². The van der Waals surface area contributed by atoms with Gasteiger partial charge in [-0.05, 0) is 44.4 Å². The van der Waals surface area contributed by atoms with E-state index >= 15 is 0 Å². The van der Waals surface area contributed by atoms with Crippen LogP contribution in [-0.2, 0) is 10.2 Å². The lowest BCUT2D eigenvalue weighted by Gasteiger charge is -2.34. The van der Waals surface area contributed by atoms with Gasteiger partial charge in [0.2, 0.25) is 0 Å². The third kappa shape index (κ3) is 2.67. The lowest BCUT2D eigenvalue weighted by atomic mass is 9.69. The molecule has 110 valence electrons. The van der Waals surface area contributed by atoms with Gasteiger partial charge in [0.25, 0.3) is 0 Å². The van der Waals surface area contributed by atoms with Crippen LogP contribution in [0.25, 0.3) is 0 Å². The van der Waals surface area contributed by atoms with Crippen LogP contribution < -0.4 is 4.90 Å². The first-order valence-electron chi connectivity index (χ1n) is 7.73. The third-order valence-electron chi connectivity index (χ3n) is 4.66. The van der Waals surface area contributed by atoms with Crippen LogP contribution in [0.1, 0.15) is 51.5 Å². The molecule has 0 unspecified atom stereocenters. The molecular weight excluding hydrogens is 250 g/mol. The fraction of sp³-hybridized carbons (Fsp3) is 0.588. The van der Waals surface area contributed by atoms with E-state index in [1.54, 1.807) is 0 Å². The normalized spacial score (nSPS) is 17.7. The zero-order chi connectivity index (χ0) is 14.6. The van der Waals surface area contributed by atoms with Crippen molar-refractivity contribution >= 4 is 11.7 Å². The van der Waals surface area contributed by atoms with Crippen molar-refractivity contribution in [3.8, 4) is 0 Å². The maximum absolute atomic E-state index is 11.8. The lowest BCUT2D eigenvalue weighted by molar-refractivity contribution is -0.145. The maximum Gasteiger partial charge on any atom is 0.314 e. The van der Waals surface area contributed by atoms with Crippen molar-refractivity contribution in [1.82, 2.24) is 0 Å². The van der Waals surface area contributed by atoms with Gasteiger partial charge in [0.1, 0.15) is 0 Å². The van der Waals surface area contributed by atoms with Gasteiger partial charge >= 0.3 is 5.97 Å². The van der Waals surface area contributed by atoms with Crippen molar-refractivity contribution in [2.45, 2.75) is 51.4 Å². The summed E-state index contributed by atoms with van der Waals surface area (Å²) in [5.41, 5.74) is 1.50. The molecule has 1 fully saturated rings. The Bertz CT molecular complexity index is 443. The minimum atomic E-state index is -0.659. The molecule has 1 N–H and O–H groups in total. The molecule has 20 heavy (non-hydrogen) atoms. The summed E-state index contributed by atoms with van der Waals surface area (Å²) in [7, 11) is 0. The van der Waals surface area contributed by atoms with Crippen molar-refractivity contribution < 1.29 is 9.90 Å². The average molecular weight is 275 g/mol. The van der Waals surface area contributed by atoms with Gasteiger partial charge in [0.05, 0.1) is 5.41 Å². The van der Waals surface area contributed by atoms with E-state index in [9.17, 15) is 9.90 Å². The van der Waals surface area contributed by atoms with E-state index in [-0.39, 0.29) is 0 Å². The molecule has 1 aromatic rings. The second-order valence-electron chi connectivity index (χ2n) is 5.67. The average Bonchev–Trinajstić information content (AvgIpc) is 2.50. The molecule has 3 nitrogen and oxygen atoms in total. The van der Waals surface area contributed by atoms with Crippen LogP contribution in [-0.4, -0.2) is 24.2 Å². The molecule has 1 saturated carbocycles. The first-order chi connectivity index (χ1) is 9.64. The van der Waals surface area contributed by atoms with E-state index in [2.05, 4.69) is 30.9 Å². The third-order valence-corrected chi connectivity index (χ3v) is 4.66. The zero-order valence-corrected chi connectivity index (χ0v) is 12.6. The number of hydrogen-bond acceptors (Lipinski definition) is 2. The van der Waals surface area contributed by atoms with E-state index in [0.29, 0.717) is 0 Å². The largest absolute Gasteiger partial charge is 0.481 e. The highest BCUT2D eigenvalue weighted by atomic mass is 16.4. The van der Waals surface area contributed by atoms with Gasteiger partial charge in [-0.3, -0.25) is 4.79 Å². The second kappa shape index (κ2) is 6.29. The SMILES string of the molecule is CCN(CC)c1ccc(C2(C(=O)O)CCCCC2)cc1. The predicted molar refractivity (Wildman–Crippen MR) is 82.4 cm³/mol. The van der Waals surface area contributed by atoms with Gasteiger partial charge in [-0.2, -0.15) is 0 Å². The van der Waals surface area contributed by atoms with Crippen molar-refractivity contribution in [2.75, 3.05) is 18.0 Å². The smallest absolute Gasteiger partial charge is 0.314 e. The number of hydrogen-bond donors (Lipinski definition) is 1. The number of nitrogens with zero attached hydrogens (tertiary/aromatic N) is 1. The van der Waals surface area contributed by atoms with E-state index in [1.165, 1.54) is 5.69 Å². The summed E-state index contributed by atoms with van der Waals surface area (Å²) in [4.78, 5) is 14.1. The molecule has 1 aliphatic rings. The van der Waals surface area contributed by atoms with Crippen molar-refractivity contribution in [2.24, 2.45) is 0 Å². The monoisotopic (exact) mass is 275 g/mol. The summed E-state index contributed by atoms with van der Waals surface area (Å²) in [6.45, 7) is 6.22. The van der Waals surface area contributed by atoms with Crippen LogP contribution >= 0.6 is 0 Å². The molecule has 0 amide bonds. The highest BCUT2D eigenvalue weighted by Gasteiger charge is 2.41. The minimum absolute atomic E-state index is 0.653. The molecule has 0 atom stereocenters. The van der Waals surface area contributed by atoms with Gasteiger partial charge in [-0.15, -0.1) is 0 Å². The van der Waals surface area contributed by atoms with Crippen LogP contribution in [0.5, 0.6) is 0 Å². The number of benzene rings is 1. The summed E-state index contributed by atoms with van der Waals surface area (Å²) in [6, 6.07) is 8.18. The number of aliphatic carboxylic acids is 1. The van der Waals surface area contributed by atoms with Crippen molar-refractivity contribution in [3.63, 3.8) is 0 Å². The van der Waals surface area contributed by atoms with Crippen molar-refractivity contribution in [1.29, 1.82) is 0 Å². The summed E-state index contributed by atoms with van der Waals surface area (Å²) < 4.78 is 0. The Hall–Kier alpha value is -1.51. The molecule has 2 rings (SSSR count). The molecule has 0 aromatic heterocycles. The standard InChI is InChI=1S/C17H25NO2/c1-3-18(4-2)15-10-8-14(9-11-15)17(16(19)20)12-6-5-7-13-17/h8-11H,3-7,12-13H2,1-2H3,(H,19,20). The highest BCUT2D eigenvalue weighted by Crippen LogP contribution is 2.40. The van der Waals surface area contributed by atoms with Crippen LogP contribution in [0.3, 0.4) is 0 Å². The molecule has 3 heteroatoms. The Balaban J connectivity index is 2.29. The predicted octanol–water partition coefficient (Wildman–Crippen LogP) is 3.82. The second-order valence-corrected chi connectivity index (χ2v) is 5.67. The summed E-state index contributed by atoms with van der Waals surface area (Å²) in [6.07, 6.45) is 4.74. The highest BCUT2D eigenvalue weighted by molar-refractivity contribution is 5.81. The Morgan fingerprint density at radius 3 is 2.10 bits per heavy atom. The molecule has 0 aliphatic heterocycles. The van der Waals surface area contributed by atoms with Crippen LogP contribution in [0.2, 0.25) is 0 Å². The molecule has 0 heterocycles. The van der Waals surface area contributed by atoms with Gasteiger partial charge in [0, 0.05) is 18.8 Å². The first kappa shape index (κ1) is 14.9. The topological polar surface area (TPSA) is 40.5 Å². The molecule has 1 aromatic carbocycles. The lowest BCUT2D eigenvalue weighted by Crippen LogP contribution is -2.37. The quantitative estimate of drug-likeness (QED) is 0.888. The first-order valence-corrected chi connectivity index (χ1v) is 7.73. The molecular formula is C17H25NO2. The number of anilines is 1. The fourth-order valence-corrected chi connectivity index (χ4v) is 3.36. The molecule has 1 aliphatic carbocycles. The number of carboxylic acids is 1. The van der Waals surface area contributed by atoms with Crippen molar-refractivity contribution in [3.05, 3.63) is 29.8 Å². The van der Waals surface area contributed by atoms with Gasteiger partial charge < -0.3 is 10.0 Å². The van der Waals surface area contributed by atoms with Crippen LogP contribution in [0, 0.1) is 0 Å². The Labute approximate surface area is 121 Å². The molecule has 0 spiro atoms. The number of rotatable bonds is 5. The fourth-order valence-electron chi connectivity index (χ4n) is 3.36. The summed E-state index contributed by atoms with van der Waals surface area (Å²) in [5.74, 6) is -0.659. The minimum Gasteiger partial charge on any atom is -0.481 e. The number of carboxylic acid groups (broad SMARTS) is 1. The van der Waals surface area contributed by atoms with E-state index < -0.39 is 11.4 Å². The van der Waals surface area contributed by atoms with Gasteiger partial charge in [0.15, 0.2) is 0 Å². The van der Waals surface area contributed by atoms with E-state index in [4.69, 9.17) is 0 Å². The summed E-state index contributed by atoms with van der Waals surface area (Å²) in [5, 5.41) is 9.70. The van der Waals surface area contributed by atoms with E-state index in [0.717, 1.165) is 50.8 Å². The summed E-state index contributed by atoms with van der Waals surface area (Å²) >= 11 is 0. The Morgan fingerprint density at radius 1 is 1.10 bits per heavy atom. The number of carbonyl (C=O) groups is 1. The van der Waals surface area contributed by atoms with Gasteiger partial charge in [-0.1, -0.05) is 31.4 Å². The van der Waals surface area contributed by atoms with Crippen LogP contribution in [0.15, 0.2) is 24.3 Å². The molecule has 0 saturated heterocycles.